The Kier molecular flexibility index (Phi) is 7.76. The number of fused-ring (bicyclic) bond motifs is 1. The highest BCUT2D eigenvalue weighted by atomic mass is 32.1. The maximum absolute atomic E-state index is 14.0. The molecule has 4 heterocycles. The van der Waals surface area contributed by atoms with Crippen molar-refractivity contribution in [1.82, 2.24) is 30.0 Å². The van der Waals surface area contributed by atoms with Gasteiger partial charge < -0.3 is 25.4 Å². The van der Waals surface area contributed by atoms with Crippen LogP contribution in [0.2, 0.25) is 0 Å². The van der Waals surface area contributed by atoms with Gasteiger partial charge in [-0.05, 0) is 36.8 Å². The van der Waals surface area contributed by atoms with Crippen molar-refractivity contribution in [1.29, 1.82) is 0 Å². The molecule has 0 aliphatic carbocycles. The summed E-state index contributed by atoms with van der Waals surface area (Å²) in [7, 11) is 3.21. The molecule has 11 nitrogen and oxygen atoms in total. The van der Waals surface area contributed by atoms with Crippen LogP contribution in [0, 0.1) is 5.82 Å². The number of aromatic nitrogens is 4. The summed E-state index contributed by atoms with van der Waals surface area (Å²) in [6.07, 6.45) is 3.89. The van der Waals surface area contributed by atoms with Crippen LogP contribution < -0.4 is 15.4 Å². The molecule has 1 aromatic carbocycles. The SMILES string of the molecule is COc1cc(F)cc([C@@H](CO)NC(=O)C(C)N2CCc3sc(-c4ccnc(Nc5ccnn5C)n4)cc3C2=O)c1. The number of hydrogen-bond donors (Lipinski definition) is 3. The van der Waals surface area contributed by atoms with E-state index in [-0.39, 0.29) is 11.7 Å². The molecule has 208 valence electrons. The van der Waals surface area contributed by atoms with E-state index in [0.29, 0.717) is 35.7 Å². The van der Waals surface area contributed by atoms with Crippen molar-refractivity contribution in [3.8, 4) is 16.3 Å². The molecule has 0 saturated carbocycles. The Morgan fingerprint density at radius 2 is 2.08 bits per heavy atom. The number of thiophene rings is 1. The zero-order valence-corrected chi connectivity index (χ0v) is 22.9. The normalized spacial score (nSPS) is 14.4. The second kappa shape index (κ2) is 11.4. The van der Waals surface area contributed by atoms with Crippen molar-refractivity contribution < 1.29 is 23.8 Å². The molecule has 0 saturated heterocycles. The number of methoxy groups -OCH3 is 1. The van der Waals surface area contributed by atoms with Gasteiger partial charge in [-0.25, -0.2) is 14.4 Å². The number of anilines is 2. The first-order chi connectivity index (χ1) is 19.3. The van der Waals surface area contributed by atoms with Crippen LogP contribution in [-0.2, 0) is 18.3 Å². The average Bonchev–Trinajstić information content (AvgIpc) is 3.57. The molecule has 13 heteroatoms. The van der Waals surface area contributed by atoms with Crippen molar-refractivity contribution in [2.75, 3.05) is 25.6 Å². The molecule has 4 aromatic rings. The number of nitrogens with one attached hydrogen (secondary N) is 2. The standard InChI is InChI=1S/C27H28FN7O4S/c1-15(25(37)31-21(14-36)16-10-17(28)12-18(11-16)39-3)35-9-6-22-19(26(35)38)13-23(40-22)20-4-7-29-27(32-20)33-24-5-8-30-34(24)2/h4-5,7-8,10-13,15,21,36H,6,9,14H2,1-3H3,(H,31,37)(H,29,32,33)/t15?,21-/m1/s1. The van der Waals surface area contributed by atoms with E-state index in [1.807, 2.05) is 6.07 Å². The molecule has 2 atom stereocenters. The Labute approximate surface area is 233 Å². The number of rotatable bonds is 9. The third kappa shape index (κ3) is 5.51. The summed E-state index contributed by atoms with van der Waals surface area (Å²) in [5.41, 5.74) is 1.55. The minimum absolute atomic E-state index is 0.262. The molecule has 1 unspecified atom stereocenters. The quantitative estimate of drug-likeness (QED) is 0.282. The van der Waals surface area contributed by atoms with Crippen LogP contribution in [0.3, 0.4) is 0 Å². The van der Waals surface area contributed by atoms with Gasteiger partial charge in [0.15, 0.2) is 0 Å². The molecule has 3 N–H and O–H groups in total. The lowest BCUT2D eigenvalue weighted by Crippen LogP contribution is -2.51. The molecule has 0 radical (unpaired) electrons. The van der Waals surface area contributed by atoms with E-state index in [9.17, 15) is 19.1 Å². The Bertz CT molecular complexity index is 1560. The van der Waals surface area contributed by atoms with Crippen LogP contribution in [0.4, 0.5) is 16.2 Å². The van der Waals surface area contributed by atoms with Gasteiger partial charge in [-0.3, -0.25) is 14.3 Å². The van der Waals surface area contributed by atoms with Gasteiger partial charge in [-0.15, -0.1) is 11.3 Å². The Morgan fingerprint density at radius 3 is 2.80 bits per heavy atom. The maximum Gasteiger partial charge on any atom is 0.255 e. The Morgan fingerprint density at radius 1 is 1.25 bits per heavy atom. The number of aryl methyl sites for hydroxylation is 1. The van der Waals surface area contributed by atoms with E-state index in [1.165, 1.54) is 35.5 Å². The largest absolute Gasteiger partial charge is 0.497 e. The van der Waals surface area contributed by atoms with Gasteiger partial charge in [0.1, 0.15) is 23.4 Å². The second-order valence-corrected chi connectivity index (χ2v) is 10.4. The van der Waals surface area contributed by atoms with Crippen LogP contribution in [0.15, 0.2) is 48.8 Å². The van der Waals surface area contributed by atoms with Crippen molar-refractivity contribution in [2.24, 2.45) is 7.05 Å². The van der Waals surface area contributed by atoms with Crippen LogP contribution in [0.1, 0.15) is 33.8 Å². The number of benzene rings is 1. The molecule has 0 spiro atoms. The summed E-state index contributed by atoms with van der Waals surface area (Å²) in [6.45, 7) is 1.54. The minimum Gasteiger partial charge on any atom is -0.497 e. The van der Waals surface area contributed by atoms with Crippen molar-refractivity contribution in [3.63, 3.8) is 0 Å². The highest BCUT2D eigenvalue weighted by Crippen LogP contribution is 2.35. The van der Waals surface area contributed by atoms with Crippen LogP contribution in [-0.4, -0.2) is 67.9 Å². The summed E-state index contributed by atoms with van der Waals surface area (Å²) in [6, 6.07) is 7.68. The number of nitrogens with zero attached hydrogens (tertiary/aromatic N) is 5. The third-order valence-electron chi connectivity index (χ3n) is 6.73. The Hall–Kier alpha value is -4.36. The molecule has 40 heavy (non-hydrogen) atoms. The fourth-order valence-electron chi connectivity index (χ4n) is 4.51. The predicted octanol–water partition coefficient (Wildman–Crippen LogP) is 3.07. The monoisotopic (exact) mass is 565 g/mol. The third-order valence-corrected chi connectivity index (χ3v) is 7.94. The van der Waals surface area contributed by atoms with Gasteiger partial charge in [-0.2, -0.15) is 5.10 Å². The van der Waals surface area contributed by atoms with Gasteiger partial charge in [0.05, 0.1) is 42.1 Å². The fraction of sp³-hybridized carbons (Fsp3) is 0.296. The van der Waals surface area contributed by atoms with Gasteiger partial charge in [0.25, 0.3) is 5.91 Å². The first-order valence-corrected chi connectivity index (χ1v) is 13.4. The number of carbonyl (C=O) groups excluding carboxylic acids is 2. The highest BCUT2D eigenvalue weighted by Gasteiger charge is 2.34. The van der Waals surface area contributed by atoms with E-state index >= 15 is 0 Å². The zero-order chi connectivity index (χ0) is 28.4. The predicted molar refractivity (Wildman–Crippen MR) is 147 cm³/mol. The first kappa shape index (κ1) is 27.2. The smallest absolute Gasteiger partial charge is 0.255 e. The Balaban J connectivity index is 1.30. The van der Waals surface area contributed by atoms with E-state index in [2.05, 4.69) is 25.7 Å². The number of carbonyl (C=O) groups is 2. The first-order valence-electron chi connectivity index (χ1n) is 12.5. The number of amides is 2. The van der Waals surface area contributed by atoms with Crippen LogP contribution in [0.5, 0.6) is 5.75 Å². The second-order valence-electron chi connectivity index (χ2n) is 9.27. The van der Waals surface area contributed by atoms with Crippen molar-refractivity contribution >= 4 is 34.9 Å². The van der Waals surface area contributed by atoms with E-state index in [1.54, 1.807) is 49.2 Å². The highest BCUT2D eigenvalue weighted by molar-refractivity contribution is 7.15. The molecule has 1 aliphatic heterocycles. The summed E-state index contributed by atoms with van der Waals surface area (Å²) < 4.78 is 20.8. The summed E-state index contributed by atoms with van der Waals surface area (Å²) in [4.78, 5) is 38.7. The number of halogens is 1. The van der Waals surface area contributed by atoms with Gasteiger partial charge in [0, 0.05) is 43.2 Å². The number of hydrogen-bond acceptors (Lipinski definition) is 9. The number of aliphatic hydroxyl groups is 1. The summed E-state index contributed by atoms with van der Waals surface area (Å²) >= 11 is 1.49. The average molecular weight is 566 g/mol. The lowest BCUT2D eigenvalue weighted by Gasteiger charge is -2.32. The van der Waals surface area contributed by atoms with E-state index < -0.39 is 30.4 Å². The number of ether oxygens (including phenoxy) is 1. The van der Waals surface area contributed by atoms with Gasteiger partial charge in [-0.1, -0.05) is 0 Å². The maximum atomic E-state index is 14.0. The van der Waals surface area contributed by atoms with E-state index in [4.69, 9.17) is 4.74 Å². The fourth-order valence-corrected chi connectivity index (χ4v) is 5.62. The zero-order valence-electron chi connectivity index (χ0n) is 22.1. The van der Waals surface area contributed by atoms with Gasteiger partial charge >= 0.3 is 0 Å². The summed E-state index contributed by atoms with van der Waals surface area (Å²) in [5.74, 6) is 0.135. The molecule has 2 amide bonds. The van der Waals surface area contributed by atoms with Gasteiger partial charge in [0.2, 0.25) is 11.9 Å². The number of aliphatic hydroxyl groups excluding tert-OH is 1. The molecular formula is C27H28FN7O4S. The topological polar surface area (TPSA) is 134 Å². The molecule has 3 aromatic heterocycles. The lowest BCUT2D eigenvalue weighted by molar-refractivity contribution is -0.126. The molecule has 0 fully saturated rings. The molecule has 5 rings (SSSR count). The van der Waals surface area contributed by atoms with Crippen LogP contribution >= 0.6 is 11.3 Å². The van der Waals surface area contributed by atoms with E-state index in [0.717, 1.165) is 15.6 Å². The molecule has 0 bridgehead atoms. The minimum atomic E-state index is -0.866. The summed E-state index contributed by atoms with van der Waals surface area (Å²) in [5, 5.41) is 19.9. The van der Waals surface area contributed by atoms with Crippen LogP contribution in [0.25, 0.3) is 10.6 Å². The lowest BCUT2D eigenvalue weighted by atomic mass is 10.0. The molecular weight excluding hydrogens is 537 g/mol. The van der Waals surface area contributed by atoms with Crippen molar-refractivity contribution in [3.05, 3.63) is 70.6 Å². The molecule has 1 aliphatic rings. The van der Waals surface area contributed by atoms with Crippen molar-refractivity contribution in [2.45, 2.75) is 25.4 Å².